The Morgan fingerprint density at radius 3 is 2.53 bits per heavy atom. The Labute approximate surface area is 109 Å². The summed E-state index contributed by atoms with van der Waals surface area (Å²) in [6.07, 6.45) is -4.59. The molecule has 0 radical (unpaired) electrons. The van der Waals surface area contributed by atoms with Gasteiger partial charge in [0, 0.05) is 6.61 Å². The molecule has 1 fully saturated rings. The Morgan fingerprint density at radius 1 is 1.32 bits per heavy atom. The number of ketones is 1. The van der Waals surface area contributed by atoms with Crippen molar-refractivity contribution in [2.45, 2.75) is 31.3 Å². The lowest BCUT2D eigenvalue weighted by atomic mass is 10.1. The summed E-state index contributed by atoms with van der Waals surface area (Å²) in [6.45, 7) is 0.975. The van der Waals surface area contributed by atoms with Crippen LogP contribution in [0.15, 0.2) is 0 Å². The van der Waals surface area contributed by atoms with Gasteiger partial charge in [-0.3, -0.25) is 4.79 Å². The van der Waals surface area contributed by atoms with Crippen LogP contribution in [0, 0.1) is 0 Å². The standard InChI is InChI=1S/C11H18O8/c1-2-17-6(3-12)5-18-10-8(15)11(16)19-9(10)7(14)4-13/h6-7,9-10,12-14H,2-5H2,1H3/t6?,7-,9+,10?/m0/s1. The molecule has 0 saturated carbocycles. The van der Waals surface area contributed by atoms with Crippen LogP contribution < -0.4 is 0 Å². The summed E-state index contributed by atoms with van der Waals surface area (Å²) < 4.78 is 14.9. The molecule has 0 amide bonds. The molecule has 1 aliphatic heterocycles. The molecule has 19 heavy (non-hydrogen) atoms. The predicted octanol–water partition coefficient (Wildman–Crippen LogP) is -2.38. The van der Waals surface area contributed by atoms with Crippen molar-refractivity contribution < 1.29 is 39.1 Å². The third-order valence-electron chi connectivity index (χ3n) is 2.64. The highest BCUT2D eigenvalue weighted by Crippen LogP contribution is 2.19. The Morgan fingerprint density at radius 2 is 2.00 bits per heavy atom. The quantitative estimate of drug-likeness (QED) is 0.332. The van der Waals surface area contributed by atoms with Crippen molar-refractivity contribution >= 4 is 11.8 Å². The van der Waals surface area contributed by atoms with E-state index in [0.29, 0.717) is 6.61 Å². The second-order valence-corrected chi connectivity index (χ2v) is 4.00. The molecule has 4 atom stereocenters. The Balaban J connectivity index is 2.61. The molecule has 8 nitrogen and oxygen atoms in total. The second-order valence-electron chi connectivity index (χ2n) is 4.00. The number of hydrogen-bond donors (Lipinski definition) is 3. The molecule has 110 valence electrons. The number of carbonyl (C=O) groups is 2. The number of cyclic esters (lactones) is 1. The minimum atomic E-state index is -1.40. The number of esters is 1. The molecule has 1 heterocycles. The number of carbonyl (C=O) groups excluding carboxylic acids is 2. The van der Waals surface area contributed by atoms with E-state index in [2.05, 4.69) is 4.74 Å². The monoisotopic (exact) mass is 278 g/mol. The molecule has 3 N–H and O–H groups in total. The van der Waals surface area contributed by atoms with E-state index in [9.17, 15) is 14.7 Å². The zero-order chi connectivity index (χ0) is 14.4. The topological polar surface area (TPSA) is 123 Å². The largest absolute Gasteiger partial charge is 0.450 e. The number of ether oxygens (including phenoxy) is 3. The molecule has 0 aromatic carbocycles. The van der Waals surface area contributed by atoms with Gasteiger partial charge in [0.05, 0.1) is 19.8 Å². The lowest BCUT2D eigenvalue weighted by Crippen LogP contribution is -2.42. The van der Waals surface area contributed by atoms with Crippen LogP contribution in [0.3, 0.4) is 0 Å². The van der Waals surface area contributed by atoms with Gasteiger partial charge in [-0.2, -0.15) is 0 Å². The molecule has 0 spiro atoms. The van der Waals surface area contributed by atoms with Crippen LogP contribution in [-0.2, 0) is 23.8 Å². The Bertz CT molecular complexity index is 318. The van der Waals surface area contributed by atoms with Gasteiger partial charge in [-0.25, -0.2) is 4.79 Å². The fraction of sp³-hybridized carbons (Fsp3) is 0.818. The van der Waals surface area contributed by atoms with Crippen LogP contribution in [-0.4, -0.2) is 77.9 Å². The second kappa shape index (κ2) is 7.51. The van der Waals surface area contributed by atoms with Crippen LogP contribution in [0.4, 0.5) is 0 Å². The van der Waals surface area contributed by atoms with Gasteiger partial charge in [0.2, 0.25) is 0 Å². The number of rotatable bonds is 8. The first-order valence-corrected chi connectivity index (χ1v) is 5.92. The van der Waals surface area contributed by atoms with Crippen molar-refractivity contribution in [3.8, 4) is 0 Å². The molecule has 0 aromatic rings. The number of Topliss-reactive ketones (excluding diaryl/α,β-unsaturated/α-hetero) is 1. The molecule has 0 bridgehead atoms. The minimum absolute atomic E-state index is 0.133. The molecule has 0 aromatic heterocycles. The van der Waals surface area contributed by atoms with Gasteiger partial charge in [0.1, 0.15) is 12.2 Å². The molecule has 1 aliphatic rings. The zero-order valence-corrected chi connectivity index (χ0v) is 10.5. The van der Waals surface area contributed by atoms with Crippen molar-refractivity contribution in [1.29, 1.82) is 0 Å². The van der Waals surface area contributed by atoms with Crippen LogP contribution in [0.5, 0.6) is 0 Å². The Hall–Kier alpha value is -1.06. The van der Waals surface area contributed by atoms with E-state index in [1.165, 1.54) is 0 Å². The van der Waals surface area contributed by atoms with E-state index in [4.69, 9.17) is 19.7 Å². The molecule has 2 unspecified atom stereocenters. The van der Waals surface area contributed by atoms with Gasteiger partial charge in [-0.05, 0) is 6.92 Å². The van der Waals surface area contributed by atoms with Crippen molar-refractivity contribution in [2.24, 2.45) is 0 Å². The fourth-order valence-corrected chi connectivity index (χ4v) is 1.66. The van der Waals surface area contributed by atoms with Gasteiger partial charge < -0.3 is 29.5 Å². The highest BCUT2D eigenvalue weighted by Gasteiger charge is 2.48. The average Bonchev–Trinajstić information content (AvgIpc) is 2.70. The summed E-state index contributed by atoms with van der Waals surface area (Å²) in [4.78, 5) is 22.6. The maximum atomic E-state index is 11.5. The van der Waals surface area contributed by atoms with Gasteiger partial charge in [0.25, 0.3) is 5.78 Å². The molecule has 0 aliphatic carbocycles. The van der Waals surface area contributed by atoms with Gasteiger partial charge in [-0.15, -0.1) is 0 Å². The lowest BCUT2D eigenvalue weighted by Gasteiger charge is -2.22. The van der Waals surface area contributed by atoms with E-state index in [0.717, 1.165) is 0 Å². The van der Waals surface area contributed by atoms with Crippen LogP contribution in [0.25, 0.3) is 0 Å². The predicted molar refractivity (Wildman–Crippen MR) is 60.2 cm³/mol. The van der Waals surface area contributed by atoms with Gasteiger partial charge >= 0.3 is 5.97 Å². The smallest absolute Gasteiger partial charge is 0.378 e. The number of aliphatic hydroxyl groups excluding tert-OH is 3. The maximum absolute atomic E-state index is 11.5. The first-order valence-electron chi connectivity index (χ1n) is 5.92. The highest BCUT2D eigenvalue weighted by atomic mass is 16.6. The SMILES string of the molecule is CCOC(CO)COC1C(=O)C(=O)O[C@@H]1[C@@H](O)CO. The average molecular weight is 278 g/mol. The zero-order valence-electron chi connectivity index (χ0n) is 10.5. The summed E-state index contributed by atoms with van der Waals surface area (Å²) in [7, 11) is 0. The van der Waals surface area contributed by atoms with E-state index >= 15 is 0 Å². The highest BCUT2D eigenvalue weighted by molar-refractivity contribution is 6.37. The molecule has 1 saturated heterocycles. The van der Waals surface area contributed by atoms with E-state index in [1.54, 1.807) is 6.92 Å². The molecule has 1 rings (SSSR count). The fourth-order valence-electron chi connectivity index (χ4n) is 1.66. The molecular weight excluding hydrogens is 260 g/mol. The maximum Gasteiger partial charge on any atom is 0.378 e. The number of aliphatic hydroxyl groups is 3. The summed E-state index contributed by atoms with van der Waals surface area (Å²) in [5.41, 5.74) is 0. The first kappa shape index (κ1) is 16.0. The van der Waals surface area contributed by atoms with Crippen LogP contribution in [0.1, 0.15) is 6.92 Å². The summed E-state index contributed by atoms with van der Waals surface area (Å²) in [6, 6.07) is 0. The molecule has 8 heteroatoms. The van der Waals surface area contributed by atoms with Crippen molar-refractivity contribution in [3.63, 3.8) is 0 Å². The van der Waals surface area contributed by atoms with Gasteiger partial charge in [-0.1, -0.05) is 0 Å². The van der Waals surface area contributed by atoms with E-state index in [1.807, 2.05) is 0 Å². The number of hydrogen-bond acceptors (Lipinski definition) is 8. The Kier molecular flexibility index (Phi) is 6.32. The van der Waals surface area contributed by atoms with E-state index < -0.39 is 42.8 Å². The van der Waals surface area contributed by atoms with Crippen LogP contribution >= 0.6 is 0 Å². The summed E-state index contributed by atoms with van der Waals surface area (Å²) in [5.74, 6) is -2.04. The van der Waals surface area contributed by atoms with Crippen LogP contribution in [0.2, 0.25) is 0 Å². The molecular formula is C11H18O8. The van der Waals surface area contributed by atoms with Crippen molar-refractivity contribution in [1.82, 2.24) is 0 Å². The first-order chi connectivity index (χ1) is 9.04. The van der Waals surface area contributed by atoms with Crippen molar-refractivity contribution in [3.05, 3.63) is 0 Å². The third kappa shape index (κ3) is 3.95. The summed E-state index contributed by atoms with van der Waals surface area (Å²) in [5, 5.41) is 27.3. The van der Waals surface area contributed by atoms with Gasteiger partial charge in [0.15, 0.2) is 12.2 Å². The lowest BCUT2D eigenvalue weighted by molar-refractivity contribution is -0.152. The minimum Gasteiger partial charge on any atom is -0.450 e. The van der Waals surface area contributed by atoms with E-state index in [-0.39, 0.29) is 13.2 Å². The normalized spacial score (nSPS) is 26.3. The summed E-state index contributed by atoms with van der Waals surface area (Å²) >= 11 is 0. The van der Waals surface area contributed by atoms with Crippen molar-refractivity contribution in [2.75, 3.05) is 26.4 Å². The third-order valence-corrected chi connectivity index (χ3v) is 2.64.